The van der Waals surface area contributed by atoms with Crippen LogP contribution in [0.5, 0.6) is 0 Å². The Balaban J connectivity index is 1.81. The molecule has 1 N–H and O–H groups in total. The molecule has 6 nitrogen and oxygen atoms in total. The van der Waals surface area contributed by atoms with E-state index >= 15 is 0 Å². The first kappa shape index (κ1) is 18.7. The number of hydrogen-bond donors (Lipinski definition) is 1. The van der Waals surface area contributed by atoms with Gasteiger partial charge in [0.1, 0.15) is 5.57 Å². The lowest BCUT2D eigenvalue weighted by Crippen LogP contribution is -2.54. The van der Waals surface area contributed by atoms with Crippen LogP contribution in [-0.2, 0) is 16.1 Å². The number of urea groups is 1. The largest absolute Gasteiger partial charge is 0.347 e. The van der Waals surface area contributed by atoms with Gasteiger partial charge in [0.25, 0.3) is 11.8 Å². The summed E-state index contributed by atoms with van der Waals surface area (Å²) in [4.78, 5) is 39.0. The second-order valence-corrected chi connectivity index (χ2v) is 7.11. The number of hydrogen-bond acceptors (Lipinski definition) is 3. The molecule has 0 unspecified atom stereocenters. The molecule has 146 valence electrons. The number of barbiturate groups is 1. The van der Waals surface area contributed by atoms with E-state index in [-0.39, 0.29) is 5.57 Å². The molecule has 0 saturated carbocycles. The Bertz CT molecular complexity index is 1200. The average molecular weight is 387 g/mol. The van der Waals surface area contributed by atoms with Gasteiger partial charge in [-0.3, -0.25) is 14.9 Å². The highest BCUT2D eigenvalue weighted by atomic mass is 16.2. The molecule has 1 fully saturated rings. The highest BCUT2D eigenvalue weighted by Gasteiger charge is 2.37. The summed E-state index contributed by atoms with van der Waals surface area (Å²) in [6.45, 7) is 6.65. The Kier molecular flexibility index (Phi) is 4.54. The minimum atomic E-state index is -0.739. The van der Waals surface area contributed by atoms with Crippen LogP contribution in [0.15, 0.2) is 54.2 Å². The number of benzene rings is 2. The first-order valence-electron chi connectivity index (χ1n) is 9.47. The number of nitrogens with zero attached hydrogens (tertiary/aromatic N) is 2. The molecule has 0 radical (unpaired) electrons. The standard InChI is InChI=1S/C23H21N3O3/c1-4-25-13-16(18-7-5-6-8-20(18)25)12-19-21(27)24-23(29)26(22(19)28)17-10-9-14(2)15(3)11-17/h5-13H,4H2,1-3H3,(H,24,27,29). The number of aryl methyl sites for hydroxylation is 3. The minimum absolute atomic E-state index is 0.0677. The third kappa shape index (κ3) is 3.12. The Labute approximate surface area is 168 Å². The van der Waals surface area contributed by atoms with Gasteiger partial charge in [0, 0.05) is 29.2 Å². The fraction of sp³-hybridized carbons (Fsp3) is 0.174. The maximum absolute atomic E-state index is 13.1. The number of carbonyl (C=O) groups is 3. The molecule has 0 spiro atoms. The minimum Gasteiger partial charge on any atom is -0.347 e. The van der Waals surface area contributed by atoms with Gasteiger partial charge in [-0.1, -0.05) is 24.3 Å². The third-order valence-electron chi connectivity index (χ3n) is 5.31. The number of rotatable bonds is 3. The molecule has 3 aromatic rings. The molecule has 29 heavy (non-hydrogen) atoms. The van der Waals surface area contributed by atoms with Gasteiger partial charge in [0.2, 0.25) is 0 Å². The smallest absolute Gasteiger partial charge is 0.335 e. The number of carbonyl (C=O) groups excluding carboxylic acids is 3. The van der Waals surface area contributed by atoms with Crippen molar-refractivity contribution in [2.45, 2.75) is 27.3 Å². The molecule has 4 rings (SSSR count). The van der Waals surface area contributed by atoms with E-state index in [2.05, 4.69) is 9.88 Å². The fourth-order valence-corrected chi connectivity index (χ4v) is 3.56. The highest BCUT2D eigenvalue weighted by molar-refractivity contribution is 6.39. The Morgan fingerprint density at radius 2 is 1.76 bits per heavy atom. The van der Waals surface area contributed by atoms with Crippen molar-refractivity contribution in [3.8, 4) is 0 Å². The van der Waals surface area contributed by atoms with Gasteiger partial charge in [-0.05, 0) is 56.2 Å². The molecule has 1 saturated heterocycles. The maximum Gasteiger partial charge on any atom is 0.335 e. The van der Waals surface area contributed by atoms with Crippen molar-refractivity contribution < 1.29 is 14.4 Å². The van der Waals surface area contributed by atoms with Gasteiger partial charge in [-0.25, -0.2) is 9.69 Å². The van der Waals surface area contributed by atoms with Crippen LogP contribution in [0.3, 0.4) is 0 Å². The summed E-state index contributed by atoms with van der Waals surface area (Å²) in [5.74, 6) is -1.32. The Morgan fingerprint density at radius 3 is 2.48 bits per heavy atom. The molecule has 1 aliphatic rings. The molecule has 0 aliphatic carbocycles. The van der Waals surface area contributed by atoms with E-state index in [0.717, 1.165) is 39.0 Å². The lowest BCUT2D eigenvalue weighted by Gasteiger charge is -2.26. The van der Waals surface area contributed by atoms with Crippen LogP contribution in [0.4, 0.5) is 10.5 Å². The normalized spacial score (nSPS) is 16.0. The second-order valence-electron chi connectivity index (χ2n) is 7.11. The fourth-order valence-electron chi connectivity index (χ4n) is 3.56. The van der Waals surface area contributed by atoms with Crippen molar-refractivity contribution in [2.24, 2.45) is 0 Å². The molecule has 2 aromatic carbocycles. The second kappa shape index (κ2) is 7.05. The van der Waals surface area contributed by atoms with E-state index in [4.69, 9.17) is 0 Å². The van der Waals surface area contributed by atoms with Gasteiger partial charge in [-0.2, -0.15) is 0 Å². The van der Waals surface area contributed by atoms with Gasteiger partial charge >= 0.3 is 6.03 Å². The van der Waals surface area contributed by atoms with Crippen molar-refractivity contribution in [3.05, 3.63) is 70.9 Å². The summed E-state index contributed by atoms with van der Waals surface area (Å²) < 4.78 is 2.05. The van der Waals surface area contributed by atoms with Crippen LogP contribution in [0.2, 0.25) is 0 Å². The molecule has 2 heterocycles. The third-order valence-corrected chi connectivity index (χ3v) is 5.31. The van der Waals surface area contributed by atoms with Crippen molar-refractivity contribution in [3.63, 3.8) is 0 Å². The molecular weight excluding hydrogens is 366 g/mol. The van der Waals surface area contributed by atoms with E-state index in [1.165, 1.54) is 0 Å². The van der Waals surface area contributed by atoms with Gasteiger partial charge < -0.3 is 4.57 Å². The molecule has 6 heteroatoms. The van der Waals surface area contributed by atoms with E-state index in [0.29, 0.717) is 5.69 Å². The molecule has 1 aromatic heterocycles. The van der Waals surface area contributed by atoms with Gasteiger partial charge in [0.15, 0.2) is 0 Å². The number of nitrogens with one attached hydrogen (secondary N) is 1. The zero-order valence-corrected chi connectivity index (χ0v) is 16.5. The number of para-hydroxylation sites is 1. The summed E-state index contributed by atoms with van der Waals surface area (Å²) in [5, 5.41) is 3.23. The van der Waals surface area contributed by atoms with Gasteiger partial charge in [-0.15, -0.1) is 0 Å². The Morgan fingerprint density at radius 1 is 1.00 bits per heavy atom. The van der Waals surface area contributed by atoms with Crippen LogP contribution in [0.25, 0.3) is 17.0 Å². The first-order valence-corrected chi connectivity index (χ1v) is 9.47. The van der Waals surface area contributed by atoms with E-state index in [1.807, 2.05) is 57.3 Å². The molecular formula is C23H21N3O3. The maximum atomic E-state index is 13.1. The number of amides is 4. The molecule has 1 aliphatic heterocycles. The summed E-state index contributed by atoms with van der Waals surface area (Å²) in [5.41, 5.74) is 4.16. The zero-order chi connectivity index (χ0) is 20.7. The van der Waals surface area contributed by atoms with E-state index in [1.54, 1.807) is 18.2 Å². The average Bonchev–Trinajstić information content (AvgIpc) is 3.05. The van der Waals surface area contributed by atoms with Crippen molar-refractivity contribution in [1.82, 2.24) is 9.88 Å². The van der Waals surface area contributed by atoms with Crippen molar-refractivity contribution in [2.75, 3.05) is 4.90 Å². The number of aromatic nitrogens is 1. The van der Waals surface area contributed by atoms with E-state index in [9.17, 15) is 14.4 Å². The number of anilines is 1. The van der Waals surface area contributed by atoms with Gasteiger partial charge in [0.05, 0.1) is 5.69 Å². The summed E-state index contributed by atoms with van der Waals surface area (Å²) in [6, 6.07) is 12.4. The zero-order valence-electron chi connectivity index (χ0n) is 16.5. The van der Waals surface area contributed by atoms with Crippen molar-refractivity contribution in [1.29, 1.82) is 0 Å². The lowest BCUT2D eigenvalue weighted by atomic mass is 10.0. The molecule has 0 atom stereocenters. The number of fused-ring (bicyclic) bond motifs is 1. The summed E-state index contributed by atoms with van der Waals surface area (Å²) in [6.07, 6.45) is 3.47. The Hall–Kier alpha value is -3.67. The monoisotopic (exact) mass is 387 g/mol. The predicted octanol–water partition coefficient (Wildman–Crippen LogP) is 3.94. The first-order chi connectivity index (χ1) is 13.9. The number of imide groups is 2. The van der Waals surface area contributed by atoms with Crippen LogP contribution in [-0.4, -0.2) is 22.4 Å². The predicted molar refractivity (Wildman–Crippen MR) is 113 cm³/mol. The molecule has 4 amide bonds. The van der Waals surface area contributed by atoms with Crippen molar-refractivity contribution >= 4 is 40.5 Å². The van der Waals surface area contributed by atoms with E-state index < -0.39 is 17.8 Å². The lowest BCUT2D eigenvalue weighted by molar-refractivity contribution is -0.122. The highest BCUT2D eigenvalue weighted by Crippen LogP contribution is 2.27. The summed E-state index contributed by atoms with van der Waals surface area (Å²) >= 11 is 0. The quantitative estimate of drug-likeness (QED) is 0.546. The van der Waals surface area contributed by atoms with Crippen LogP contribution in [0, 0.1) is 13.8 Å². The SMILES string of the molecule is CCn1cc(C=C2C(=O)NC(=O)N(c3ccc(C)c(C)c3)C2=O)c2ccccc21. The summed E-state index contributed by atoms with van der Waals surface area (Å²) in [7, 11) is 0. The van der Waals surface area contributed by atoms with Crippen LogP contribution in [0.1, 0.15) is 23.6 Å². The topological polar surface area (TPSA) is 71.4 Å². The molecule has 0 bridgehead atoms. The van der Waals surface area contributed by atoms with Crippen LogP contribution < -0.4 is 10.2 Å². The van der Waals surface area contributed by atoms with Crippen LogP contribution >= 0.6 is 0 Å².